The van der Waals surface area contributed by atoms with Crippen LogP contribution in [0.2, 0.25) is 15.1 Å². The number of hydrogen-bond donors (Lipinski definition) is 1. The Morgan fingerprint density at radius 1 is 1.00 bits per heavy atom. The molecule has 1 aromatic heterocycles. The van der Waals surface area contributed by atoms with Crippen molar-refractivity contribution in [2.75, 3.05) is 0 Å². The summed E-state index contributed by atoms with van der Waals surface area (Å²) in [5, 5.41) is 5.43. The van der Waals surface area contributed by atoms with E-state index in [1.165, 1.54) is 6.21 Å². The Labute approximate surface area is 159 Å². The lowest BCUT2D eigenvalue weighted by molar-refractivity contribution is 0.0955. The van der Waals surface area contributed by atoms with Crippen molar-refractivity contribution in [1.29, 1.82) is 0 Å². The molecule has 1 amide bonds. The highest BCUT2D eigenvalue weighted by Crippen LogP contribution is 2.31. The van der Waals surface area contributed by atoms with Crippen LogP contribution in [-0.2, 0) is 0 Å². The number of rotatable bonds is 4. The highest BCUT2D eigenvalue weighted by atomic mass is 35.5. The van der Waals surface area contributed by atoms with E-state index in [0.29, 0.717) is 37.7 Å². The molecule has 0 atom stereocenters. The highest BCUT2D eigenvalue weighted by molar-refractivity contribution is 6.35. The minimum absolute atomic E-state index is 0.372. The summed E-state index contributed by atoms with van der Waals surface area (Å²) in [4.78, 5) is 11.9. The van der Waals surface area contributed by atoms with Gasteiger partial charge in [-0.1, -0.05) is 40.9 Å². The van der Waals surface area contributed by atoms with Gasteiger partial charge in [0.05, 0.1) is 11.2 Å². The molecule has 0 bridgehead atoms. The Morgan fingerprint density at radius 2 is 1.80 bits per heavy atom. The van der Waals surface area contributed by atoms with Crippen molar-refractivity contribution in [3.63, 3.8) is 0 Å². The van der Waals surface area contributed by atoms with E-state index in [1.54, 1.807) is 54.6 Å². The van der Waals surface area contributed by atoms with Crippen LogP contribution in [0.1, 0.15) is 16.1 Å². The molecule has 0 unspecified atom stereocenters. The maximum absolute atomic E-state index is 11.9. The molecule has 2 aromatic carbocycles. The minimum atomic E-state index is -0.372. The second-order valence-electron chi connectivity index (χ2n) is 5.04. The molecule has 0 saturated heterocycles. The predicted molar refractivity (Wildman–Crippen MR) is 101 cm³/mol. The van der Waals surface area contributed by atoms with Gasteiger partial charge in [-0.05, 0) is 48.5 Å². The molecule has 0 saturated carbocycles. The van der Waals surface area contributed by atoms with Crippen LogP contribution in [-0.4, -0.2) is 12.1 Å². The van der Waals surface area contributed by atoms with Gasteiger partial charge in [0.25, 0.3) is 5.91 Å². The third-order valence-electron chi connectivity index (χ3n) is 3.27. The molecule has 0 radical (unpaired) electrons. The molecule has 1 N–H and O–H groups in total. The van der Waals surface area contributed by atoms with E-state index in [-0.39, 0.29) is 5.91 Å². The average Bonchev–Trinajstić information content (AvgIpc) is 3.05. The zero-order chi connectivity index (χ0) is 17.8. The maximum Gasteiger partial charge on any atom is 0.271 e. The monoisotopic (exact) mass is 392 g/mol. The number of nitrogens with zero attached hydrogens (tertiary/aromatic N) is 1. The molecule has 0 spiro atoms. The third kappa shape index (κ3) is 4.42. The smallest absolute Gasteiger partial charge is 0.271 e. The van der Waals surface area contributed by atoms with Crippen LogP contribution in [0.4, 0.5) is 0 Å². The zero-order valence-electron chi connectivity index (χ0n) is 12.7. The van der Waals surface area contributed by atoms with Crippen molar-refractivity contribution in [2.24, 2.45) is 5.10 Å². The number of nitrogens with one attached hydrogen (secondary N) is 1. The first-order valence-electron chi connectivity index (χ1n) is 7.17. The average molecular weight is 394 g/mol. The van der Waals surface area contributed by atoms with E-state index in [2.05, 4.69) is 10.5 Å². The first-order chi connectivity index (χ1) is 12.0. The normalized spacial score (nSPS) is 11.0. The standard InChI is InChI=1S/C18H11Cl3N2O2/c19-12-3-1-2-11(8-12)18(24)23-22-10-14-5-7-17(25-14)15-9-13(20)4-6-16(15)21/h1-10H,(H,23,24)/b22-10-. The lowest BCUT2D eigenvalue weighted by Gasteiger charge is -2.01. The van der Waals surface area contributed by atoms with Gasteiger partial charge in [-0.2, -0.15) is 5.10 Å². The number of halogens is 3. The molecule has 3 aromatic rings. The summed E-state index contributed by atoms with van der Waals surface area (Å²) in [5.41, 5.74) is 3.50. The first-order valence-corrected chi connectivity index (χ1v) is 8.30. The number of amides is 1. The van der Waals surface area contributed by atoms with E-state index in [9.17, 15) is 4.79 Å². The minimum Gasteiger partial charge on any atom is -0.455 e. The first kappa shape index (κ1) is 17.5. The fraction of sp³-hybridized carbons (Fsp3) is 0. The molecular weight excluding hydrogens is 383 g/mol. The fourth-order valence-corrected chi connectivity index (χ4v) is 2.68. The summed E-state index contributed by atoms with van der Waals surface area (Å²) >= 11 is 18.0. The van der Waals surface area contributed by atoms with E-state index < -0.39 is 0 Å². The van der Waals surface area contributed by atoms with Gasteiger partial charge >= 0.3 is 0 Å². The van der Waals surface area contributed by atoms with E-state index >= 15 is 0 Å². The van der Waals surface area contributed by atoms with Crippen LogP contribution in [0.25, 0.3) is 11.3 Å². The van der Waals surface area contributed by atoms with Crippen molar-refractivity contribution >= 4 is 46.9 Å². The zero-order valence-corrected chi connectivity index (χ0v) is 14.9. The summed E-state index contributed by atoms with van der Waals surface area (Å²) < 4.78 is 5.65. The molecule has 0 aliphatic carbocycles. The predicted octanol–water partition coefficient (Wildman–Crippen LogP) is 5.67. The molecule has 3 rings (SSSR count). The Hall–Kier alpha value is -2.27. The molecule has 126 valence electrons. The summed E-state index contributed by atoms with van der Waals surface area (Å²) in [7, 11) is 0. The Balaban J connectivity index is 1.70. The van der Waals surface area contributed by atoms with Gasteiger partial charge in [-0.15, -0.1) is 0 Å². The number of carbonyl (C=O) groups is 1. The van der Waals surface area contributed by atoms with Gasteiger partial charge in [-0.25, -0.2) is 5.43 Å². The summed E-state index contributed by atoms with van der Waals surface area (Å²) in [5.74, 6) is 0.635. The van der Waals surface area contributed by atoms with Crippen molar-refractivity contribution in [3.8, 4) is 11.3 Å². The summed E-state index contributed by atoms with van der Waals surface area (Å²) in [6, 6.07) is 15.1. The van der Waals surface area contributed by atoms with E-state index in [0.717, 1.165) is 0 Å². The van der Waals surface area contributed by atoms with Crippen molar-refractivity contribution in [1.82, 2.24) is 5.43 Å². The largest absolute Gasteiger partial charge is 0.455 e. The molecule has 4 nitrogen and oxygen atoms in total. The maximum atomic E-state index is 11.9. The molecule has 0 aliphatic rings. The fourth-order valence-electron chi connectivity index (χ4n) is 2.10. The number of furan rings is 1. The molecule has 7 heteroatoms. The number of hydrogen-bond acceptors (Lipinski definition) is 3. The SMILES string of the molecule is O=C(N/N=C\c1ccc(-c2cc(Cl)ccc2Cl)o1)c1cccc(Cl)c1. The molecule has 1 heterocycles. The summed E-state index contributed by atoms with van der Waals surface area (Å²) in [6.07, 6.45) is 1.39. The number of carbonyl (C=O) groups excluding carboxylic acids is 1. The van der Waals surface area contributed by atoms with Gasteiger partial charge in [-0.3, -0.25) is 4.79 Å². The van der Waals surface area contributed by atoms with Crippen LogP contribution in [0.15, 0.2) is 64.1 Å². The molecule has 25 heavy (non-hydrogen) atoms. The van der Waals surface area contributed by atoms with Gasteiger partial charge in [0, 0.05) is 21.2 Å². The Morgan fingerprint density at radius 3 is 2.60 bits per heavy atom. The topological polar surface area (TPSA) is 54.6 Å². The van der Waals surface area contributed by atoms with Crippen LogP contribution in [0.5, 0.6) is 0 Å². The van der Waals surface area contributed by atoms with E-state index in [4.69, 9.17) is 39.2 Å². The Kier molecular flexibility index (Phi) is 5.43. The highest BCUT2D eigenvalue weighted by Gasteiger charge is 2.09. The van der Waals surface area contributed by atoms with Crippen molar-refractivity contribution in [3.05, 3.63) is 81.0 Å². The molecular formula is C18H11Cl3N2O2. The second-order valence-corrected chi connectivity index (χ2v) is 6.32. The van der Waals surface area contributed by atoms with Gasteiger partial charge in [0.15, 0.2) is 0 Å². The summed E-state index contributed by atoms with van der Waals surface area (Å²) in [6.45, 7) is 0. The van der Waals surface area contributed by atoms with Crippen molar-refractivity contribution < 1.29 is 9.21 Å². The van der Waals surface area contributed by atoms with Crippen molar-refractivity contribution in [2.45, 2.75) is 0 Å². The molecule has 0 aliphatic heterocycles. The third-order valence-corrected chi connectivity index (χ3v) is 4.07. The quantitative estimate of drug-likeness (QED) is 0.458. The number of benzene rings is 2. The van der Waals surface area contributed by atoms with Crippen LogP contribution in [0, 0.1) is 0 Å². The van der Waals surface area contributed by atoms with Crippen LogP contribution in [0.3, 0.4) is 0 Å². The Bertz CT molecular complexity index is 951. The van der Waals surface area contributed by atoms with Crippen LogP contribution < -0.4 is 5.43 Å². The van der Waals surface area contributed by atoms with Crippen LogP contribution >= 0.6 is 34.8 Å². The molecule has 0 fully saturated rings. The van der Waals surface area contributed by atoms with Gasteiger partial charge in [0.2, 0.25) is 0 Å². The van der Waals surface area contributed by atoms with Gasteiger partial charge in [0.1, 0.15) is 11.5 Å². The van der Waals surface area contributed by atoms with E-state index in [1.807, 2.05) is 0 Å². The van der Waals surface area contributed by atoms with Gasteiger partial charge < -0.3 is 4.42 Å². The second kappa shape index (κ2) is 7.74. The lowest BCUT2D eigenvalue weighted by Crippen LogP contribution is -2.17. The number of hydrazone groups is 1. The lowest BCUT2D eigenvalue weighted by atomic mass is 10.2.